The molecule has 86 valence electrons. The molecule has 3 nitrogen and oxygen atoms in total. The van der Waals surface area contributed by atoms with Crippen molar-refractivity contribution in [2.45, 2.75) is 0 Å². The maximum absolute atomic E-state index is 4.68. The van der Waals surface area contributed by atoms with Gasteiger partial charge in [0.1, 0.15) is 0 Å². The number of fused-ring (bicyclic) bond motifs is 3. The third-order valence-electron chi connectivity index (χ3n) is 3.22. The first-order valence-corrected chi connectivity index (χ1v) is 5.93. The lowest BCUT2D eigenvalue weighted by Gasteiger charge is -1.94. The molecule has 2 aromatic carbocycles. The van der Waals surface area contributed by atoms with Gasteiger partial charge in [0.2, 0.25) is 0 Å². The normalized spacial score (nSPS) is 11.3. The third-order valence-corrected chi connectivity index (χ3v) is 3.22. The zero-order valence-electron chi connectivity index (χ0n) is 9.67. The first kappa shape index (κ1) is 9.48. The SMILES string of the molecule is c1ccc(-c2c[nH]n3c2nc2ccccc23)cc1. The van der Waals surface area contributed by atoms with E-state index in [4.69, 9.17) is 0 Å². The van der Waals surface area contributed by atoms with Crippen LogP contribution in [0, 0.1) is 0 Å². The van der Waals surface area contributed by atoms with Crippen LogP contribution in [0.4, 0.5) is 0 Å². The van der Waals surface area contributed by atoms with Gasteiger partial charge in [-0.25, -0.2) is 9.50 Å². The second-order valence-corrected chi connectivity index (χ2v) is 4.31. The molecule has 0 spiro atoms. The molecule has 2 aromatic heterocycles. The average molecular weight is 233 g/mol. The molecule has 18 heavy (non-hydrogen) atoms. The van der Waals surface area contributed by atoms with Gasteiger partial charge in [-0.15, -0.1) is 0 Å². The number of aromatic amines is 1. The summed E-state index contributed by atoms with van der Waals surface area (Å²) in [6.45, 7) is 0. The Morgan fingerprint density at radius 3 is 2.56 bits per heavy atom. The molecule has 0 aliphatic heterocycles. The van der Waals surface area contributed by atoms with Crippen LogP contribution in [0.25, 0.3) is 27.8 Å². The average Bonchev–Trinajstić information content (AvgIpc) is 2.98. The van der Waals surface area contributed by atoms with Gasteiger partial charge in [0.05, 0.1) is 11.0 Å². The molecule has 4 rings (SSSR count). The van der Waals surface area contributed by atoms with Crippen LogP contribution in [0.1, 0.15) is 0 Å². The molecule has 0 saturated carbocycles. The molecular formula is C15H11N3. The molecule has 0 unspecified atom stereocenters. The smallest absolute Gasteiger partial charge is 0.162 e. The van der Waals surface area contributed by atoms with Crippen LogP contribution in [0.3, 0.4) is 0 Å². The summed E-state index contributed by atoms with van der Waals surface area (Å²) < 4.78 is 2.03. The largest absolute Gasteiger partial charge is 0.299 e. The zero-order chi connectivity index (χ0) is 11.9. The van der Waals surface area contributed by atoms with Gasteiger partial charge >= 0.3 is 0 Å². The Morgan fingerprint density at radius 1 is 0.889 bits per heavy atom. The van der Waals surface area contributed by atoms with E-state index in [0.717, 1.165) is 22.2 Å². The third kappa shape index (κ3) is 1.21. The van der Waals surface area contributed by atoms with Crippen LogP contribution in [-0.2, 0) is 0 Å². The highest BCUT2D eigenvalue weighted by Crippen LogP contribution is 2.26. The van der Waals surface area contributed by atoms with E-state index >= 15 is 0 Å². The van der Waals surface area contributed by atoms with E-state index in [9.17, 15) is 0 Å². The van der Waals surface area contributed by atoms with Gasteiger partial charge in [0.15, 0.2) is 5.65 Å². The second kappa shape index (κ2) is 3.47. The number of nitrogens with one attached hydrogen (secondary N) is 1. The standard InChI is InChI=1S/C15H11N3/c1-2-6-11(7-3-1)12-10-16-18-14-9-5-4-8-13(14)17-15(12)18/h1-10,16H. The zero-order valence-corrected chi connectivity index (χ0v) is 9.67. The van der Waals surface area contributed by atoms with E-state index in [0.29, 0.717) is 0 Å². The number of H-pyrrole nitrogens is 1. The molecule has 0 aliphatic carbocycles. The van der Waals surface area contributed by atoms with Crippen molar-refractivity contribution in [2.24, 2.45) is 0 Å². The number of imidazole rings is 1. The van der Waals surface area contributed by atoms with E-state index in [-0.39, 0.29) is 0 Å². The number of nitrogens with zero attached hydrogens (tertiary/aromatic N) is 2. The molecule has 0 saturated heterocycles. The molecule has 0 radical (unpaired) electrons. The van der Waals surface area contributed by atoms with E-state index in [1.165, 1.54) is 5.56 Å². The number of hydrogen-bond donors (Lipinski definition) is 1. The molecule has 0 fully saturated rings. The van der Waals surface area contributed by atoms with Crippen LogP contribution in [0.15, 0.2) is 60.8 Å². The number of rotatable bonds is 1. The topological polar surface area (TPSA) is 33.1 Å². The Bertz CT molecular complexity index is 825. The minimum Gasteiger partial charge on any atom is -0.299 e. The lowest BCUT2D eigenvalue weighted by Crippen LogP contribution is -1.80. The predicted molar refractivity (Wildman–Crippen MR) is 72.5 cm³/mol. The van der Waals surface area contributed by atoms with Gasteiger partial charge in [0.25, 0.3) is 0 Å². The Balaban J connectivity index is 2.08. The molecule has 4 aromatic rings. The highest BCUT2D eigenvalue weighted by Gasteiger charge is 2.10. The van der Waals surface area contributed by atoms with Gasteiger partial charge in [-0.05, 0) is 17.7 Å². The summed E-state index contributed by atoms with van der Waals surface area (Å²) in [5.74, 6) is 0. The van der Waals surface area contributed by atoms with Crippen molar-refractivity contribution in [3.63, 3.8) is 0 Å². The fraction of sp³-hybridized carbons (Fsp3) is 0. The monoisotopic (exact) mass is 233 g/mol. The molecule has 3 heteroatoms. The van der Waals surface area contributed by atoms with Crippen LogP contribution in [0.2, 0.25) is 0 Å². The molecule has 0 aliphatic rings. The maximum atomic E-state index is 4.68. The Labute approximate surface area is 104 Å². The molecule has 0 amide bonds. The van der Waals surface area contributed by atoms with Gasteiger partial charge in [-0.1, -0.05) is 42.5 Å². The first-order valence-electron chi connectivity index (χ1n) is 5.93. The van der Waals surface area contributed by atoms with Crippen molar-refractivity contribution in [1.82, 2.24) is 14.6 Å². The Hall–Kier alpha value is -2.55. The van der Waals surface area contributed by atoms with Gasteiger partial charge in [-0.3, -0.25) is 5.10 Å². The highest BCUT2D eigenvalue weighted by molar-refractivity contribution is 5.87. The summed E-state index contributed by atoms with van der Waals surface area (Å²) in [7, 11) is 0. The number of aromatic nitrogens is 3. The summed E-state index contributed by atoms with van der Waals surface area (Å²) in [6, 6.07) is 18.4. The fourth-order valence-corrected chi connectivity index (χ4v) is 2.36. The van der Waals surface area contributed by atoms with E-state index in [1.807, 2.05) is 47.1 Å². The predicted octanol–water partition coefficient (Wildman–Crippen LogP) is 3.48. The summed E-state index contributed by atoms with van der Waals surface area (Å²) in [4.78, 5) is 4.68. The van der Waals surface area contributed by atoms with Crippen molar-refractivity contribution in [3.8, 4) is 11.1 Å². The minimum atomic E-state index is 0.974. The van der Waals surface area contributed by atoms with E-state index in [1.54, 1.807) is 0 Å². The summed E-state index contributed by atoms with van der Waals surface area (Å²) in [6.07, 6.45) is 2.00. The van der Waals surface area contributed by atoms with Crippen LogP contribution in [-0.4, -0.2) is 14.6 Å². The number of hydrogen-bond acceptors (Lipinski definition) is 1. The molecule has 1 N–H and O–H groups in total. The van der Waals surface area contributed by atoms with Crippen molar-refractivity contribution in [1.29, 1.82) is 0 Å². The van der Waals surface area contributed by atoms with Gasteiger partial charge in [-0.2, -0.15) is 0 Å². The van der Waals surface area contributed by atoms with Crippen molar-refractivity contribution in [3.05, 3.63) is 60.8 Å². The second-order valence-electron chi connectivity index (χ2n) is 4.31. The Morgan fingerprint density at radius 2 is 1.67 bits per heavy atom. The minimum absolute atomic E-state index is 0.974. The van der Waals surface area contributed by atoms with Gasteiger partial charge < -0.3 is 0 Å². The molecule has 0 atom stereocenters. The van der Waals surface area contributed by atoms with Crippen LogP contribution >= 0.6 is 0 Å². The summed E-state index contributed by atoms with van der Waals surface area (Å²) >= 11 is 0. The summed E-state index contributed by atoms with van der Waals surface area (Å²) in [5, 5.41) is 3.26. The molecule has 0 bridgehead atoms. The first-order chi connectivity index (χ1) is 8.93. The van der Waals surface area contributed by atoms with Crippen LogP contribution in [0.5, 0.6) is 0 Å². The maximum Gasteiger partial charge on any atom is 0.162 e. The van der Waals surface area contributed by atoms with E-state index < -0.39 is 0 Å². The van der Waals surface area contributed by atoms with Crippen molar-refractivity contribution < 1.29 is 0 Å². The molecular weight excluding hydrogens is 222 g/mol. The Kier molecular flexibility index (Phi) is 1.83. The van der Waals surface area contributed by atoms with Crippen molar-refractivity contribution >= 4 is 16.7 Å². The van der Waals surface area contributed by atoms with E-state index in [2.05, 4.69) is 28.3 Å². The lowest BCUT2D eigenvalue weighted by molar-refractivity contribution is 1.01. The number of benzene rings is 2. The number of para-hydroxylation sites is 2. The van der Waals surface area contributed by atoms with Crippen LogP contribution < -0.4 is 0 Å². The van der Waals surface area contributed by atoms with Crippen molar-refractivity contribution in [2.75, 3.05) is 0 Å². The van der Waals surface area contributed by atoms with Gasteiger partial charge in [0, 0.05) is 11.8 Å². The lowest BCUT2D eigenvalue weighted by atomic mass is 10.1. The quantitative estimate of drug-likeness (QED) is 0.536. The highest BCUT2D eigenvalue weighted by atomic mass is 15.3. The molecule has 2 heterocycles. The summed E-state index contributed by atoms with van der Waals surface area (Å²) in [5.41, 5.74) is 5.41. The fourth-order valence-electron chi connectivity index (χ4n) is 2.36.